The van der Waals surface area contributed by atoms with Crippen molar-refractivity contribution in [3.8, 4) is 0 Å². The Morgan fingerprint density at radius 1 is 0.533 bits per heavy atom. The second kappa shape index (κ2) is 18.0. The van der Waals surface area contributed by atoms with Crippen LogP contribution >= 0.6 is 23.5 Å². The highest BCUT2D eigenvalue weighted by atomic mass is 32.2. The lowest BCUT2D eigenvalue weighted by atomic mass is 9.97. The number of pyridine rings is 2. The molecule has 0 aliphatic rings. The highest BCUT2D eigenvalue weighted by molar-refractivity contribution is 7.99. The number of rotatable bonds is 14. The number of nitrogens with two attached hydrogens (primary N) is 2. The number of aromatic nitrogens is 6. The van der Waals surface area contributed by atoms with Crippen molar-refractivity contribution in [2.45, 2.75) is 84.8 Å². The zero-order valence-corrected chi connectivity index (χ0v) is 35.7. The number of ketones is 1. The summed E-state index contributed by atoms with van der Waals surface area (Å²) >= 11 is 3.34. The highest BCUT2D eigenvalue weighted by Gasteiger charge is 2.17. The van der Waals surface area contributed by atoms with Crippen molar-refractivity contribution < 1.29 is 4.79 Å². The first-order valence-corrected chi connectivity index (χ1v) is 21.7. The third-order valence-corrected chi connectivity index (χ3v) is 12.6. The number of hydrogen-bond acceptors (Lipinski definition) is 11. The van der Waals surface area contributed by atoms with Gasteiger partial charge in [-0.15, -0.1) is 0 Å². The number of fused-ring (bicyclic) bond motifs is 2. The molecular weight excluding hydrogens is 781 g/mol. The van der Waals surface area contributed by atoms with Crippen molar-refractivity contribution in [2.75, 3.05) is 11.5 Å². The van der Waals surface area contributed by atoms with Crippen LogP contribution in [-0.2, 0) is 30.5 Å². The Kier molecular flexibility index (Phi) is 12.2. The molecule has 11 heteroatoms. The van der Waals surface area contributed by atoms with E-state index in [0.29, 0.717) is 37.0 Å². The van der Waals surface area contributed by atoms with E-state index in [1.807, 2.05) is 48.5 Å². The Morgan fingerprint density at radius 2 is 0.950 bits per heavy atom. The molecule has 9 nitrogen and oxygen atoms in total. The number of benzene rings is 4. The van der Waals surface area contributed by atoms with Gasteiger partial charge in [-0.25, -0.2) is 29.9 Å². The minimum Gasteiger partial charge on any atom is -0.399 e. The zero-order chi connectivity index (χ0) is 41.8. The second-order valence-electron chi connectivity index (χ2n) is 15.6. The van der Waals surface area contributed by atoms with E-state index < -0.39 is 0 Å². The van der Waals surface area contributed by atoms with Crippen molar-refractivity contribution >= 4 is 62.7 Å². The van der Waals surface area contributed by atoms with E-state index in [1.54, 1.807) is 36.2 Å². The van der Waals surface area contributed by atoms with Gasteiger partial charge in [0.05, 0.1) is 11.4 Å². The van der Waals surface area contributed by atoms with Crippen LogP contribution < -0.4 is 11.5 Å². The largest absolute Gasteiger partial charge is 0.399 e. The lowest BCUT2D eigenvalue weighted by molar-refractivity contribution is -0.117. The molecule has 4 aromatic heterocycles. The summed E-state index contributed by atoms with van der Waals surface area (Å²) in [6.45, 7) is 8.51. The number of hydrogen-bond donors (Lipinski definition) is 2. The van der Waals surface area contributed by atoms with Crippen molar-refractivity contribution in [2.24, 2.45) is 0 Å². The Morgan fingerprint density at radius 3 is 1.35 bits per heavy atom. The molecule has 8 aromatic rings. The first kappa shape index (κ1) is 40.6. The molecule has 300 valence electrons. The molecule has 0 fully saturated rings. The predicted octanol–water partition coefficient (Wildman–Crippen LogP) is 10.6. The van der Waals surface area contributed by atoms with E-state index >= 15 is 0 Å². The first-order valence-electron chi connectivity index (χ1n) is 20.1. The Labute approximate surface area is 358 Å². The Hall–Kier alpha value is -6.17. The summed E-state index contributed by atoms with van der Waals surface area (Å²) in [4.78, 5) is 46.4. The van der Waals surface area contributed by atoms with Crippen molar-refractivity contribution in [1.82, 2.24) is 29.9 Å². The predicted molar refractivity (Wildman–Crippen MR) is 244 cm³/mol. The van der Waals surface area contributed by atoms with Gasteiger partial charge < -0.3 is 11.5 Å². The molecular formula is C49H46N8OS2. The molecule has 0 saturated carbocycles. The van der Waals surface area contributed by atoms with Crippen LogP contribution in [0, 0.1) is 0 Å². The molecule has 0 aliphatic heterocycles. The lowest BCUT2D eigenvalue weighted by Gasteiger charge is -2.14. The van der Waals surface area contributed by atoms with E-state index in [4.69, 9.17) is 31.4 Å². The highest BCUT2D eigenvalue weighted by Crippen LogP contribution is 2.36. The summed E-state index contributed by atoms with van der Waals surface area (Å²) in [5, 5.41) is 1.85. The fraction of sp³-hybridized carbons (Fsp3) is 0.204. The van der Waals surface area contributed by atoms with Gasteiger partial charge in [0.2, 0.25) is 0 Å². The number of carbonyl (C=O) groups is 1. The molecule has 0 atom stereocenters. The van der Waals surface area contributed by atoms with Gasteiger partial charge >= 0.3 is 0 Å². The smallest absolute Gasteiger partial charge is 0.163 e. The van der Waals surface area contributed by atoms with Crippen LogP contribution in [0.1, 0.15) is 84.6 Å². The summed E-state index contributed by atoms with van der Waals surface area (Å²) in [5.41, 5.74) is 22.6. The van der Waals surface area contributed by atoms with E-state index in [-0.39, 0.29) is 17.6 Å². The average Bonchev–Trinajstić information content (AvgIpc) is 3.24. The maximum Gasteiger partial charge on any atom is 0.163 e. The van der Waals surface area contributed by atoms with Crippen LogP contribution in [0.4, 0.5) is 11.4 Å². The molecule has 0 unspecified atom stereocenters. The van der Waals surface area contributed by atoms with Crippen LogP contribution in [0.15, 0.2) is 141 Å². The Balaban J connectivity index is 1.08. The van der Waals surface area contributed by atoms with Crippen LogP contribution in [-0.4, -0.2) is 35.7 Å². The third-order valence-electron chi connectivity index (χ3n) is 10.4. The van der Waals surface area contributed by atoms with Gasteiger partial charge in [0.1, 0.15) is 18.4 Å². The Bertz CT molecular complexity index is 2630. The van der Waals surface area contributed by atoms with Crippen LogP contribution in [0.3, 0.4) is 0 Å². The summed E-state index contributed by atoms with van der Waals surface area (Å²) in [5.74, 6) is 0.704. The van der Waals surface area contributed by atoms with Gasteiger partial charge in [-0.1, -0.05) is 75.5 Å². The number of nitrogen functional groups attached to an aromatic ring is 2. The minimum absolute atomic E-state index is 0.126. The third kappa shape index (κ3) is 9.65. The maximum atomic E-state index is 14.0. The summed E-state index contributed by atoms with van der Waals surface area (Å²) in [7, 11) is 0. The SMILES string of the molecule is CC(C)c1ccc2c(Cc3cc(CC(=O)Cc4ccc(Sc5ccc(N)cc5)c(Cc5ncnc6nc(C(C)C)ccc56)c4)ccc3Sc3ccc(N)cc3)ncnc2n1. The van der Waals surface area contributed by atoms with Crippen molar-refractivity contribution in [3.05, 3.63) is 167 Å². The van der Waals surface area contributed by atoms with Gasteiger partial charge in [0, 0.05) is 78.8 Å². The molecule has 0 aliphatic carbocycles. The molecule has 4 heterocycles. The lowest BCUT2D eigenvalue weighted by Crippen LogP contribution is -2.08. The normalized spacial score (nSPS) is 11.6. The first-order chi connectivity index (χ1) is 29.0. The molecule has 60 heavy (non-hydrogen) atoms. The summed E-state index contributed by atoms with van der Waals surface area (Å²) in [6, 6.07) is 36.7. The van der Waals surface area contributed by atoms with Crippen LogP contribution in [0.25, 0.3) is 22.1 Å². The number of anilines is 2. The van der Waals surface area contributed by atoms with Crippen LogP contribution in [0.5, 0.6) is 0 Å². The number of carbonyl (C=O) groups excluding carboxylic acids is 1. The second-order valence-corrected chi connectivity index (χ2v) is 17.9. The molecule has 0 saturated heterocycles. The fourth-order valence-electron chi connectivity index (χ4n) is 7.11. The topological polar surface area (TPSA) is 146 Å². The molecule has 0 bridgehead atoms. The van der Waals surface area contributed by atoms with E-state index in [2.05, 4.69) is 98.3 Å². The van der Waals surface area contributed by atoms with Crippen molar-refractivity contribution in [1.29, 1.82) is 0 Å². The monoisotopic (exact) mass is 826 g/mol. The average molecular weight is 827 g/mol. The maximum absolute atomic E-state index is 14.0. The van der Waals surface area contributed by atoms with Gasteiger partial charge in [-0.3, -0.25) is 4.79 Å². The summed E-state index contributed by atoms with van der Waals surface area (Å²) in [6.07, 6.45) is 4.89. The van der Waals surface area contributed by atoms with Gasteiger partial charge in [-0.05, 0) is 119 Å². The molecule has 8 rings (SSSR count). The quantitative estimate of drug-likeness (QED) is 0.101. The van der Waals surface area contributed by atoms with E-state index in [9.17, 15) is 4.79 Å². The molecule has 4 aromatic carbocycles. The zero-order valence-electron chi connectivity index (χ0n) is 34.1. The molecule has 0 radical (unpaired) electrons. The minimum atomic E-state index is 0.126. The fourth-order valence-corrected chi connectivity index (χ4v) is 8.96. The van der Waals surface area contributed by atoms with Crippen molar-refractivity contribution in [3.63, 3.8) is 0 Å². The standard InChI is InChI=1S/C49H46N8OS2/c1-29(2)42-17-15-40-44(52-27-54-48(40)56-42)25-33-21-31(5-19-46(33)59-38-11-7-35(50)8-12-38)23-37(58)24-32-6-20-47(60-39-13-9-36(51)10-14-39)34(22-32)26-45-41-16-18-43(30(3)4)57-49(41)55-28-53-45/h5-22,27-30H,23-26,50-51H2,1-4H3. The van der Waals surface area contributed by atoms with Gasteiger partial charge in [0.15, 0.2) is 11.3 Å². The number of Topliss-reactive ketones (excluding diaryl/α,β-unsaturated/α-hetero) is 1. The van der Waals surface area contributed by atoms with E-state index in [1.165, 1.54) is 0 Å². The van der Waals surface area contributed by atoms with Gasteiger partial charge in [0.25, 0.3) is 0 Å². The molecule has 0 spiro atoms. The summed E-state index contributed by atoms with van der Waals surface area (Å²) < 4.78 is 0. The molecule has 0 amide bonds. The van der Waals surface area contributed by atoms with Crippen LogP contribution in [0.2, 0.25) is 0 Å². The molecule has 4 N–H and O–H groups in total. The van der Waals surface area contributed by atoms with E-state index in [0.717, 1.165) is 86.8 Å². The number of nitrogens with zero attached hydrogens (tertiary/aromatic N) is 6. The van der Waals surface area contributed by atoms with Gasteiger partial charge in [-0.2, -0.15) is 0 Å².